The molecule has 1 aromatic carbocycles. The first-order chi connectivity index (χ1) is 8.74. The van der Waals surface area contributed by atoms with E-state index in [2.05, 4.69) is 0 Å². The number of benzene rings is 1. The van der Waals surface area contributed by atoms with Gasteiger partial charge in [-0.2, -0.15) is 0 Å². The molecule has 0 aromatic heterocycles. The molecule has 5 heteroatoms. The first kappa shape index (κ1) is 12.2. The second-order valence-corrected chi connectivity index (χ2v) is 3.54. The van der Waals surface area contributed by atoms with Crippen LogP contribution in [0.15, 0.2) is 18.2 Å². The van der Waals surface area contributed by atoms with Crippen LogP contribution in [0.3, 0.4) is 0 Å². The van der Waals surface area contributed by atoms with E-state index >= 15 is 0 Å². The summed E-state index contributed by atoms with van der Waals surface area (Å²) in [7, 11) is 0. The highest BCUT2D eigenvalue weighted by atomic mass is 16.7. The second kappa shape index (κ2) is 5.35. The average Bonchev–Trinajstić information content (AvgIpc) is 2.82. The highest BCUT2D eigenvalue weighted by molar-refractivity contribution is 5.90. The number of rotatable bonds is 4. The minimum Gasteiger partial charge on any atom is -0.463 e. The molecule has 1 aliphatic rings. The Hall–Kier alpha value is -2.30. The van der Waals surface area contributed by atoms with E-state index in [1.165, 1.54) is 12.2 Å². The molecule has 0 bridgehead atoms. The maximum absolute atomic E-state index is 11.2. The van der Waals surface area contributed by atoms with Crippen molar-refractivity contribution in [2.75, 3.05) is 13.4 Å². The van der Waals surface area contributed by atoms with Crippen LogP contribution in [-0.2, 0) is 9.53 Å². The molecule has 0 fully saturated rings. The monoisotopic (exact) mass is 248 g/mol. The molecule has 1 aromatic rings. The van der Waals surface area contributed by atoms with E-state index in [9.17, 15) is 9.59 Å². The zero-order chi connectivity index (χ0) is 13.0. The van der Waals surface area contributed by atoms with Gasteiger partial charge < -0.3 is 14.2 Å². The summed E-state index contributed by atoms with van der Waals surface area (Å²) in [5.74, 6) is 0.640. The van der Waals surface area contributed by atoms with Crippen LogP contribution in [0.4, 0.5) is 0 Å². The molecule has 0 N–H and O–H groups in total. The van der Waals surface area contributed by atoms with Crippen molar-refractivity contribution in [3.8, 4) is 11.5 Å². The van der Waals surface area contributed by atoms with Crippen LogP contribution < -0.4 is 9.47 Å². The molecule has 1 heterocycles. The summed E-state index contributed by atoms with van der Waals surface area (Å²) in [5, 5.41) is 0. The molecule has 0 saturated heterocycles. The summed E-state index contributed by atoms with van der Waals surface area (Å²) < 4.78 is 15.1. The first-order valence-electron chi connectivity index (χ1n) is 5.48. The van der Waals surface area contributed by atoms with Crippen molar-refractivity contribution in [3.63, 3.8) is 0 Å². The van der Waals surface area contributed by atoms with Crippen LogP contribution in [0.2, 0.25) is 0 Å². The van der Waals surface area contributed by atoms with Crippen molar-refractivity contribution in [1.82, 2.24) is 0 Å². The number of ether oxygens (including phenoxy) is 3. The standard InChI is InChI=1S/C13H12O5/c1-2-16-13(15)4-3-9-5-11-12(18-8-17-11)6-10(9)7-14/h3-7H,2,8H2,1H3. The Morgan fingerprint density at radius 1 is 1.33 bits per heavy atom. The Balaban J connectivity index is 2.27. The number of hydrogen-bond donors (Lipinski definition) is 0. The van der Waals surface area contributed by atoms with Crippen molar-refractivity contribution in [1.29, 1.82) is 0 Å². The predicted octanol–water partition coefficient (Wildman–Crippen LogP) is 1.80. The van der Waals surface area contributed by atoms with Crippen molar-refractivity contribution >= 4 is 18.3 Å². The molecule has 0 atom stereocenters. The lowest BCUT2D eigenvalue weighted by molar-refractivity contribution is -0.137. The molecule has 0 amide bonds. The summed E-state index contributed by atoms with van der Waals surface area (Å²) in [6, 6.07) is 3.24. The van der Waals surface area contributed by atoms with Gasteiger partial charge >= 0.3 is 5.97 Å². The fourth-order valence-corrected chi connectivity index (χ4v) is 1.57. The van der Waals surface area contributed by atoms with Gasteiger partial charge in [-0.3, -0.25) is 4.79 Å². The number of carbonyl (C=O) groups is 2. The van der Waals surface area contributed by atoms with Gasteiger partial charge in [0.15, 0.2) is 17.8 Å². The van der Waals surface area contributed by atoms with Gasteiger partial charge in [-0.1, -0.05) is 0 Å². The van der Waals surface area contributed by atoms with Crippen LogP contribution in [-0.4, -0.2) is 25.7 Å². The number of aldehydes is 1. The largest absolute Gasteiger partial charge is 0.463 e. The van der Waals surface area contributed by atoms with Gasteiger partial charge in [-0.15, -0.1) is 0 Å². The molecule has 94 valence electrons. The molecule has 5 nitrogen and oxygen atoms in total. The Bertz CT molecular complexity index is 504. The topological polar surface area (TPSA) is 61.8 Å². The molecular formula is C13H12O5. The number of carbonyl (C=O) groups excluding carboxylic acids is 2. The van der Waals surface area contributed by atoms with Crippen LogP contribution in [0.5, 0.6) is 11.5 Å². The third-order valence-corrected chi connectivity index (χ3v) is 2.39. The molecule has 0 aliphatic carbocycles. The minimum atomic E-state index is -0.452. The Labute approximate surface area is 104 Å². The zero-order valence-corrected chi connectivity index (χ0v) is 9.84. The normalized spacial score (nSPS) is 12.7. The molecule has 2 rings (SSSR count). The van der Waals surface area contributed by atoms with E-state index in [4.69, 9.17) is 14.2 Å². The maximum atomic E-state index is 11.2. The summed E-state index contributed by atoms with van der Waals surface area (Å²) >= 11 is 0. The highest BCUT2D eigenvalue weighted by Crippen LogP contribution is 2.34. The molecule has 0 spiro atoms. The molecule has 0 saturated carbocycles. The lowest BCUT2D eigenvalue weighted by Gasteiger charge is -2.02. The quantitative estimate of drug-likeness (QED) is 0.462. The van der Waals surface area contributed by atoms with Crippen LogP contribution in [0, 0.1) is 0 Å². The van der Waals surface area contributed by atoms with E-state index in [0.29, 0.717) is 35.5 Å². The fourth-order valence-electron chi connectivity index (χ4n) is 1.57. The SMILES string of the molecule is CCOC(=O)C=Cc1cc2c(cc1C=O)OCO2. The van der Waals surface area contributed by atoms with E-state index in [0.717, 1.165) is 0 Å². The maximum Gasteiger partial charge on any atom is 0.330 e. The van der Waals surface area contributed by atoms with Crippen LogP contribution >= 0.6 is 0 Å². The Kier molecular flexibility index (Phi) is 3.62. The summed E-state index contributed by atoms with van der Waals surface area (Å²) in [4.78, 5) is 22.1. The van der Waals surface area contributed by atoms with Crippen molar-refractivity contribution < 1.29 is 23.8 Å². The van der Waals surface area contributed by atoms with Gasteiger partial charge in [-0.25, -0.2) is 4.79 Å². The van der Waals surface area contributed by atoms with Gasteiger partial charge in [0.2, 0.25) is 6.79 Å². The third kappa shape index (κ3) is 2.51. The van der Waals surface area contributed by atoms with E-state index in [1.54, 1.807) is 19.1 Å². The lowest BCUT2D eigenvalue weighted by atomic mass is 10.1. The average molecular weight is 248 g/mol. The fraction of sp³-hybridized carbons (Fsp3) is 0.231. The van der Waals surface area contributed by atoms with Gasteiger partial charge in [0.05, 0.1) is 6.61 Å². The Morgan fingerprint density at radius 2 is 2.00 bits per heavy atom. The summed E-state index contributed by atoms with van der Waals surface area (Å²) in [6.07, 6.45) is 3.49. The molecule has 0 unspecified atom stereocenters. The first-order valence-corrected chi connectivity index (χ1v) is 5.48. The van der Waals surface area contributed by atoms with Gasteiger partial charge in [0.25, 0.3) is 0 Å². The van der Waals surface area contributed by atoms with Gasteiger partial charge in [-0.05, 0) is 30.7 Å². The van der Waals surface area contributed by atoms with Crippen LogP contribution in [0.1, 0.15) is 22.8 Å². The summed E-state index contributed by atoms with van der Waals surface area (Å²) in [6.45, 7) is 2.17. The second-order valence-electron chi connectivity index (χ2n) is 3.54. The zero-order valence-electron chi connectivity index (χ0n) is 9.84. The van der Waals surface area contributed by atoms with Crippen molar-refractivity contribution in [2.45, 2.75) is 6.92 Å². The number of hydrogen-bond acceptors (Lipinski definition) is 5. The highest BCUT2D eigenvalue weighted by Gasteiger charge is 2.16. The van der Waals surface area contributed by atoms with Gasteiger partial charge in [0.1, 0.15) is 0 Å². The molecule has 1 aliphatic heterocycles. The van der Waals surface area contributed by atoms with Crippen molar-refractivity contribution in [3.05, 3.63) is 29.3 Å². The van der Waals surface area contributed by atoms with E-state index in [1.807, 2.05) is 0 Å². The lowest BCUT2D eigenvalue weighted by Crippen LogP contribution is -1.99. The van der Waals surface area contributed by atoms with E-state index < -0.39 is 5.97 Å². The number of esters is 1. The Morgan fingerprint density at radius 3 is 2.61 bits per heavy atom. The molecule has 0 radical (unpaired) electrons. The minimum absolute atomic E-state index is 0.138. The van der Waals surface area contributed by atoms with Gasteiger partial charge in [0, 0.05) is 11.6 Å². The molecular weight excluding hydrogens is 236 g/mol. The third-order valence-electron chi connectivity index (χ3n) is 2.39. The summed E-state index contributed by atoms with van der Waals surface area (Å²) in [5.41, 5.74) is 1.02. The van der Waals surface area contributed by atoms with Crippen molar-refractivity contribution in [2.24, 2.45) is 0 Å². The van der Waals surface area contributed by atoms with E-state index in [-0.39, 0.29) is 6.79 Å². The predicted molar refractivity (Wildman–Crippen MR) is 63.6 cm³/mol. The smallest absolute Gasteiger partial charge is 0.330 e. The number of fused-ring (bicyclic) bond motifs is 1. The van der Waals surface area contributed by atoms with Crippen LogP contribution in [0.25, 0.3) is 6.08 Å². The molecule has 18 heavy (non-hydrogen) atoms.